The van der Waals surface area contributed by atoms with E-state index in [1.165, 1.54) is 33.7 Å². The lowest BCUT2D eigenvalue weighted by atomic mass is 9.76. The van der Waals surface area contributed by atoms with Crippen LogP contribution < -0.4 is 5.32 Å². The normalized spacial score (nSPS) is 21.8. The Morgan fingerprint density at radius 2 is 1.90 bits per heavy atom. The van der Waals surface area contributed by atoms with Gasteiger partial charge < -0.3 is 5.32 Å². The molecule has 1 heterocycles. The molecule has 1 aliphatic rings. The summed E-state index contributed by atoms with van der Waals surface area (Å²) in [5.41, 5.74) is 2.84. The topological polar surface area (TPSA) is 12.0 Å². The summed E-state index contributed by atoms with van der Waals surface area (Å²) in [5, 5.41) is 4.50. The highest BCUT2D eigenvalue weighted by Gasteiger charge is 2.29. The monoisotopic (exact) mass is 305 g/mol. The molecule has 0 saturated heterocycles. The highest BCUT2D eigenvalue weighted by molar-refractivity contribution is 7.12. The number of aryl methyl sites for hydroxylation is 2. The minimum Gasteiger partial charge on any atom is -0.309 e. The molecule has 20 heavy (non-hydrogen) atoms. The molecule has 0 radical (unpaired) electrons. The summed E-state index contributed by atoms with van der Waals surface area (Å²) >= 11 is 7.84. The van der Waals surface area contributed by atoms with Gasteiger partial charge in [-0.3, -0.25) is 0 Å². The zero-order valence-electron chi connectivity index (χ0n) is 11.9. The third-order valence-electron chi connectivity index (χ3n) is 4.26. The Morgan fingerprint density at radius 3 is 2.50 bits per heavy atom. The number of hydrogen-bond donors (Lipinski definition) is 1. The van der Waals surface area contributed by atoms with Crippen LogP contribution in [0.1, 0.15) is 39.6 Å². The van der Waals surface area contributed by atoms with Gasteiger partial charge >= 0.3 is 0 Å². The molecule has 1 aromatic carbocycles. The minimum atomic E-state index is 0.665. The summed E-state index contributed by atoms with van der Waals surface area (Å²) in [6, 6.07) is 11.3. The minimum absolute atomic E-state index is 0.665. The van der Waals surface area contributed by atoms with E-state index in [4.69, 9.17) is 11.6 Å². The predicted octanol–water partition coefficient (Wildman–Crippen LogP) is 5.05. The molecule has 0 spiro atoms. The van der Waals surface area contributed by atoms with E-state index in [1.54, 1.807) is 0 Å². The third-order valence-corrected chi connectivity index (χ3v) is 5.67. The van der Waals surface area contributed by atoms with Crippen molar-refractivity contribution in [3.8, 4) is 0 Å². The molecular weight excluding hydrogens is 286 g/mol. The highest BCUT2D eigenvalue weighted by atomic mass is 35.5. The Balaban J connectivity index is 1.47. The van der Waals surface area contributed by atoms with Gasteiger partial charge in [-0.15, -0.1) is 11.3 Å². The molecule has 1 N–H and O–H groups in total. The van der Waals surface area contributed by atoms with E-state index in [0.29, 0.717) is 12.0 Å². The Bertz CT molecular complexity index is 562. The van der Waals surface area contributed by atoms with E-state index in [-0.39, 0.29) is 0 Å². The number of rotatable bonds is 4. The molecule has 0 amide bonds. The van der Waals surface area contributed by atoms with Crippen molar-refractivity contribution in [3.63, 3.8) is 0 Å². The van der Waals surface area contributed by atoms with E-state index in [0.717, 1.165) is 11.6 Å². The summed E-state index contributed by atoms with van der Waals surface area (Å²) in [5.74, 6) is 0.705. The molecule has 2 aromatic rings. The van der Waals surface area contributed by atoms with Crippen LogP contribution in [0.5, 0.6) is 0 Å². The third kappa shape index (κ3) is 3.08. The lowest BCUT2D eigenvalue weighted by molar-refractivity contribution is 0.290. The molecular formula is C17H20ClNS. The summed E-state index contributed by atoms with van der Waals surface area (Å²) in [6.45, 7) is 5.40. The zero-order chi connectivity index (χ0) is 14.1. The lowest BCUT2D eigenvalue weighted by Crippen LogP contribution is -2.39. The SMILES string of the molecule is Cc1cc(CNC2CC(c3ccc(Cl)cc3)C2)sc1C. The molecule has 0 aliphatic heterocycles. The largest absolute Gasteiger partial charge is 0.309 e. The molecule has 1 nitrogen and oxygen atoms in total. The van der Waals surface area contributed by atoms with Gasteiger partial charge in [-0.1, -0.05) is 23.7 Å². The first-order valence-corrected chi connectivity index (χ1v) is 8.36. The molecule has 1 saturated carbocycles. The van der Waals surface area contributed by atoms with Gasteiger partial charge in [0.1, 0.15) is 0 Å². The maximum absolute atomic E-state index is 5.93. The maximum atomic E-state index is 5.93. The standard InChI is InChI=1S/C17H20ClNS/c1-11-7-17(20-12(11)2)10-19-16-8-14(9-16)13-3-5-15(18)6-4-13/h3-7,14,16,19H,8-10H2,1-2H3. The van der Waals surface area contributed by atoms with Crippen molar-refractivity contribution in [3.05, 3.63) is 56.2 Å². The fraction of sp³-hybridized carbons (Fsp3) is 0.412. The number of nitrogens with one attached hydrogen (secondary N) is 1. The van der Waals surface area contributed by atoms with Crippen LogP contribution in [0.25, 0.3) is 0 Å². The average molecular weight is 306 g/mol. The maximum Gasteiger partial charge on any atom is 0.0406 e. The van der Waals surface area contributed by atoms with Crippen molar-refractivity contribution in [1.29, 1.82) is 0 Å². The van der Waals surface area contributed by atoms with E-state index in [2.05, 4.69) is 37.4 Å². The van der Waals surface area contributed by atoms with Crippen LogP contribution in [0.2, 0.25) is 5.02 Å². The van der Waals surface area contributed by atoms with E-state index in [9.17, 15) is 0 Å². The molecule has 1 aromatic heterocycles. The van der Waals surface area contributed by atoms with Crippen LogP contribution in [0.4, 0.5) is 0 Å². The second kappa shape index (κ2) is 5.88. The second-order valence-electron chi connectivity index (χ2n) is 5.75. The molecule has 1 aliphatic carbocycles. The van der Waals surface area contributed by atoms with Gasteiger partial charge in [0.2, 0.25) is 0 Å². The van der Waals surface area contributed by atoms with Gasteiger partial charge in [0, 0.05) is 27.4 Å². The van der Waals surface area contributed by atoms with Crippen LogP contribution in [0.3, 0.4) is 0 Å². The summed E-state index contributed by atoms with van der Waals surface area (Å²) in [7, 11) is 0. The van der Waals surface area contributed by atoms with Crippen molar-refractivity contribution < 1.29 is 0 Å². The van der Waals surface area contributed by atoms with Gasteiger partial charge in [0.15, 0.2) is 0 Å². The molecule has 106 valence electrons. The Labute approximate surface area is 130 Å². The van der Waals surface area contributed by atoms with E-state index < -0.39 is 0 Å². The number of benzene rings is 1. The summed E-state index contributed by atoms with van der Waals surface area (Å²) in [6.07, 6.45) is 2.48. The Hall–Kier alpha value is -0.830. The average Bonchev–Trinajstić information content (AvgIpc) is 2.69. The fourth-order valence-electron chi connectivity index (χ4n) is 2.77. The summed E-state index contributed by atoms with van der Waals surface area (Å²) in [4.78, 5) is 2.89. The zero-order valence-corrected chi connectivity index (χ0v) is 13.5. The molecule has 0 atom stereocenters. The van der Waals surface area contributed by atoms with Crippen LogP contribution in [-0.4, -0.2) is 6.04 Å². The fourth-order valence-corrected chi connectivity index (χ4v) is 3.90. The van der Waals surface area contributed by atoms with Gasteiger partial charge in [0.25, 0.3) is 0 Å². The highest BCUT2D eigenvalue weighted by Crippen LogP contribution is 2.37. The first-order chi connectivity index (χ1) is 9.61. The van der Waals surface area contributed by atoms with Crippen molar-refractivity contribution in [2.45, 2.75) is 45.2 Å². The molecule has 3 heteroatoms. The van der Waals surface area contributed by atoms with E-state index in [1.807, 2.05) is 23.5 Å². The number of hydrogen-bond acceptors (Lipinski definition) is 2. The lowest BCUT2D eigenvalue weighted by Gasteiger charge is -2.36. The number of halogens is 1. The Morgan fingerprint density at radius 1 is 1.20 bits per heavy atom. The smallest absolute Gasteiger partial charge is 0.0406 e. The van der Waals surface area contributed by atoms with Gasteiger partial charge in [-0.05, 0) is 61.9 Å². The predicted molar refractivity (Wildman–Crippen MR) is 87.8 cm³/mol. The molecule has 1 fully saturated rings. The van der Waals surface area contributed by atoms with Gasteiger partial charge in [-0.25, -0.2) is 0 Å². The van der Waals surface area contributed by atoms with Crippen molar-refractivity contribution in [1.82, 2.24) is 5.32 Å². The van der Waals surface area contributed by atoms with Crippen LogP contribution in [-0.2, 0) is 6.54 Å². The van der Waals surface area contributed by atoms with Crippen LogP contribution in [0, 0.1) is 13.8 Å². The Kier molecular flexibility index (Phi) is 4.16. The van der Waals surface area contributed by atoms with Crippen molar-refractivity contribution in [2.24, 2.45) is 0 Å². The van der Waals surface area contributed by atoms with Crippen molar-refractivity contribution in [2.75, 3.05) is 0 Å². The summed E-state index contributed by atoms with van der Waals surface area (Å²) < 4.78 is 0. The second-order valence-corrected chi connectivity index (χ2v) is 7.53. The van der Waals surface area contributed by atoms with Gasteiger partial charge in [-0.2, -0.15) is 0 Å². The van der Waals surface area contributed by atoms with Crippen molar-refractivity contribution >= 4 is 22.9 Å². The first-order valence-electron chi connectivity index (χ1n) is 7.16. The molecule has 3 rings (SSSR count). The molecule has 0 unspecified atom stereocenters. The first kappa shape index (κ1) is 14.1. The van der Waals surface area contributed by atoms with Crippen LogP contribution >= 0.6 is 22.9 Å². The quantitative estimate of drug-likeness (QED) is 0.833. The molecule has 0 bridgehead atoms. The number of thiophene rings is 1. The van der Waals surface area contributed by atoms with E-state index >= 15 is 0 Å². The van der Waals surface area contributed by atoms with Crippen LogP contribution in [0.15, 0.2) is 30.3 Å². The van der Waals surface area contributed by atoms with Gasteiger partial charge in [0.05, 0.1) is 0 Å².